The molecule has 5 heteroatoms. The highest BCUT2D eigenvalue weighted by atomic mass is 16.6. The molecule has 376 valence electrons. The molecule has 0 bridgehead atoms. The summed E-state index contributed by atoms with van der Waals surface area (Å²) in [5.41, 5.74) is 0. The van der Waals surface area contributed by atoms with E-state index in [2.05, 4.69) is 124 Å². The van der Waals surface area contributed by atoms with Crippen molar-refractivity contribution in [2.45, 2.75) is 245 Å². The van der Waals surface area contributed by atoms with Gasteiger partial charge in [-0.2, -0.15) is 0 Å². The topological polar surface area (TPSA) is 61.8 Å². The fourth-order valence-corrected chi connectivity index (χ4v) is 7.32. The van der Waals surface area contributed by atoms with Crippen LogP contribution in [-0.2, 0) is 23.8 Å². The molecule has 0 aromatic rings. The van der Waals surface area contributed by atoms with E-state index in [4.69, 9.17) is 14.2 Å². The quantitative estimate of drug-likeness (QED) is 0.0346. The lowest BCUT2D eigenvalue weighted by atomic mass is 10.0. The fourth-order valence-electron chi connectivity index (χ4n) is 7.32. The molecule has 0 rings (SSSR count). The maximum absolute atomic E-state index is 12.8. The van der Waals surface area contributed by atoms with E-state index in [1.807, 2.05) is 6.08 Å². The zero-order valence-electron chi connectivity index (χ0n) is 43.2. The van der Waals surface area contributed by atoms with E-state index in [1.54, 1.807) is 0 Å². The van der Waals surface area contributed by atoms with Gasteiger partial charge in [-0.1, -0.05) is 246 Å². The van der Waals surface area contributed by atoms with Crippen molar-refractivity contribution in [2.24, 2.45) is 0 Å². The molecule has 0 N–H and O–H groups in total. The van der Waals surface area contributed by atoms with Crippen LogP contribution in [-0.4, -0.2) is 37.9 Å². The number of carbonyl (C=O) groups is 2. The van der Waals surface area contributed by atoms with Crippen LogP contribution in [0.4, 0.5) is 0 Å². The van der Waals surface area contributed by atoms with Crippen LogP contribution in [0.15, 0.2) is 109 Å². The molecule has 0 saturated carbocycles. The predicted octanol–water partition coefficient (Wildman–Crippen LogP) is 18.8. The first-order chi connectivity index (χ1) is 32.6. The molecule has 0 fully saturated rings. The molecular weight excluding hydrogens is 813 g/mol. The molecule has 5 nitrogen and oxygen atoms in total. The molecule has 0 aliphatic heterocycles. The summed E-state index contributed by atoms with van der Waals surface area (Å²) in [6.45, 7) is 7.51. The van der Waals surface area contributed by atoms with Gasteiger partial charge in [0.25, 0.3) is 0 Å². The molecule has 0 saturated heterocycles. The van der Waals surface area contributed by atoms with E-state index in [-0.39, 0.29) is 25.2 Å². The monoisotopic (exact) mass is 915 g/mol. The third kappa shape index (κ3) is 53.2. The number of carbonyl (C=O) groups excluding carboxylic acids is 2. The summed E-state index contributed by atoms with van der Waals surface area (Å²) in [7, 11) is 0. The number of rotatable bonds is 49. The Kier molecular flexibility index (Phi) is 53.0. The van der Waals surface area contributed by atoms with Gasteiger partial charge in [0.1, 0.15) is 6.61 Å². The maximum atomic E-state index is 12.8. The van der Waals surface area contributed by atoms with Crippen LogP contribution in [0.2, 0.25) is 0 Å². The first kappa shape index (κ1) is 62.6. The summed E-state index contributed by atoms with van der Waals surface area (Å²) >= 11 is 0. The molecular formula is C61H102O5. The van der Waals surface area contributed by atoms with Gasteiger partial charge in [0.2, 0.25) is 0 Å². The molecule has 0 radical (unpaired) electrons. The van der Waals surface area contributed by atoms with E-state index in [0.29, 0.717) is 25.9 Å². The molecule has 0 heterocycles. The van der Waals surface area contributed by atoms with Gasteiger partial charge in [-0.15, -0.1) is 0 Å². The van der Waals surface area contributed by atoms with Gasteiger partial charge in [-0.05, 0) is 89.9 Å². The molecule has 0 aliphatic rings. The van der Waals surface area contributed by atoms with Crippen molar-refractivity contribution in [2.75, 3.05) is 19.8 Å². The summed E-state index contributed by atoms with van der Waals surface area (Å²) in [6, 6.07) is 0. The third-order valence-electron chi connectivity index (χ3n) is 11.3. The third-order valence-corrected chi connectivity index (χ3v) is 11.3. The smallest absolute Gasteiger partial charge is 0.306 e. The van der Waals surface area contributed by atoms with Crippen LogP contribution < -0.4 is 0 Å². The second-order valence-corrected chi connectivity index (χ2v) is 17.7. The summed E-state index contributed by atoms with van der Waals surface area (Å²) in [4.78, 5) is 25.4. The lowest BCUT2D eigenvalue weighted by Gasteiger charge is -2.18. The van der Waals surface area contributed by atoms with E-state index in [0.717, 1.165) is 83.5 Å². The van der Waals surface area contributed by atoms with Crippen molar-refractivity contribution in [3.8, 4) is 0 Å². The summed E-state index contributed by atoms with van der Waals surface area (Å²) in [5.74, 6) is -0.498. The first-order valence-electron chi connectivity index (χ1n) is 27.4. The van der Waals surface area contributed by atoms with E-state index in [1.165, 1.54) is 116 Å². The number of hydrogen-bond donors (Lipinski definition) is 0. The van der Waals surface area contributed by atoms with Crippen molar-refractivity contribution in [1.29, 1.82) is 0 Å². The Bertz CT molecular complexity index is 1310. The predicted molar refractivity (Wildman–Crippen MR) is 288 cm³/mol. The number of allylic oxidation sites excluding steroid dienone is 18. The van der Waals surface area contributed by atoms with Gasteiger partial charge in [0.05, 0.1) is 6.61 Å². The Morgan fingerprint density at radius 2 is 0.712 bits per heavy atom. The number of unbranched alkanes of at least 4 members (excludes halogenated alkanes) is 20. The minimum absolute atomic E-state index is 0.0384. The zero-order valence-corrected chi connectivity index (χ0v) is 43.2. The summed E-state index contributed by atoms with van der Waals surface area (Å²) in [5, 5.41) is 0. The van der Waals surface area contributed by atoms with Gasteiger partial charge in [0.15, 0.2) is 6.10 Å². The van der Waals surface area contributed by atoms with Crippen molar-refractivity contribution < 1.29 is 23.8 Å². The van der Waals surface area contributed by atoms with Gasteiger partial charge in [-0.3, -0.25) is 9.59 Å². The lowest BCUT2D eigenvalue weighted by molar-refractivity contribution is -0.162. The van der Waals surface area contributed by atoms with Gasteiger partial charge in [-0.25, -0.2) is 0 Å². The van der Waals surface area contributed by atoms with Gasteiger partial charge >= 0.3 is 11.9 Å². The first-order valence-corrected chi connectivity index (χ1v) is 27.4. The molecule has 0 amide bonds. The largest absolute Gasteiger partial charge is 0.462 e. The Balaban J connectivity index is 4.39. The molecule has 0 aromatic heterocycles. The van der Waals surface area contributed by atoms with Crippen LogP contribution in [0.5, 0.6) is 0 Å². The molecule has 1 atom stereocenters. The second kappa shape index (κ2) is 55.9. The summed E-state index contributed by atoms with van der Waals surface area (Å²) < 4.78 is 17.4. The normalized spacial score (nSPS) is 13.1. The number of hydrogen-bond acceptors (Lipinski definition) is 5. The minimum Gasteiger partial charge on any atom is -0.462 e. The maximum Gasteiger partial charge on any atom is 0.306 e. The second-order valence-electron chi connectivity index (χ2n) is 17.7. The summed E-state index contributed by atoms with van der Waals surface area (Å²) in [6.07, 6.45) is 76.9. The average Bonchev–Trinajstić information content (AvgIpc) is 3.32. The van der Waals surface area contributed by atoms with Gasteiger partial charge < -0.3 is 14.2 Å². The molecule has 1 unspecified atom stereocenters. The molecule has 0 spiro atoms. The van der Waals surface area contributed by atoms with Crippen LogP contribution in [0.3, 0.4) is 0 Å². The van der Waals surface area contributed by atoms with Crippen LogP contribution in [0.25, 0.3) is 0 Å². The van der Waals surface area contributed by atoms with Crippen molar-refractivity contribution in [3.05, 3.63) is 109 Å². The van der Waals surface area contributed by atoms with Crippen LogP contribution >= 0.6 is 0 Å². The highest BCUT2D eigenvalue weighted by molar-refractivity contribution is 5.70. The standard InChI is InChI=1S/C61H102O5/c1-4-7-10-13-16-19-22-25-27-29-31-32-34-37-39-42-45-48-51-54-60(62)65-58-59(66-61(63)55-52-49-46-43-40-36-24-21-18-15-12-9-6-3)57-64-56-53-50-47-44-41-38-35-33-30-28-26-23-20-17-14-11-8-5-2/h7-8,10-11,16-17,19-20,25-28,31-32,37,39,45,48,59H,4-6,9,12-15,18,21-24,29-30,33-36,38,40-44,46-47,49-58H2,1-3H3/b10-7-,11-8-,19-16-,20-17-,27-25-,28-26-,32-31-,39-37-,48-45-. The Labute approximate surface area is 408 Å². The Hall–Kier alpha value is -3.44. The van der Waals surface area contributed by atoms with Crippen molar-refractivity contribution in [1.82, 2.24) is 0 Å². The Morgan fingerprint density at radius 1 is 0.348 bits per heavy atom. The lowest BCUT2D eigenvalue weighted by Crippen LogP contribution is -2.30. The van der Waals surface area contributed by atoms with E-state index < -0.39 is 6.10 Å². The van der Waals surface area contributed by atoms with E-state index >= 15 is 0 Å². The molecule has 0 aromatic carbocycles. The fraction of sp³-hybridized carbons (Fsp3) is 0.672. The molecule has 0 aliphatic carbocycles. The van der Waals surface area contributed by atoms with Crippen molar-refractivity contribution in [3.63, 3.8) is 0 Å². The Morgan fingerprint density at radius 3 is 1.15 bits per heavy atom. The van der Waals surface area contributed by atoms with Crippen LogP contribution in [0, 0.1) is 0 Å². The average molecular weight is 915 g/mol. The van der Waals surface area contributed by atoms with Crippen LogP contribution in [0.1, 0.15) is 239 Å². The van der Waals surface area contributed by atoms with Crippen molar-refractivity contribution >= 4 is 11.9 Å². The molecule has 66 heavy (non-hydrogen) atoms. The zero-order chi connectivity index (χ0) is 47.7. The highest BCUT2D eigenvalue weighted by Crippen LogP contribution is 2.14. The number of esters is 2. The number of ether oxygens (including phenoxy) is 3. The SMILES string of the molecule is CC/C=C\C/C=C\C/C=C\C/C=C\C/C=C\C/C=C\CCC(=O)OCC(COCCCCCCCCCC/C=C\C/C=C\C/C=C\CC)OC(=O)CCCCCCCCCCCCCCC. The highest BCUT2D eigenvalue weighted by Gasteiger charge is 2.17. The minimum atomic E-state index is -0.575. The van der Waals surface area contributed by atoms with Gasteiger partial charge in [0, 0.05) is 19.4 Å². The van der Waals surface area contributed by atoms with E-state index in [9.17, 15) is 9.59 Å².